The maximum Gasteiger partial charge on any atom is 0.272 e. The standard InChI is InChI=1S/C16H25ClN4O2/c1-16(18-15(22)13-9-14(17)20(2)19-13)5-7-21(11-16)6-3-12-4-8-23-10-12/h9,12H,3-8,10-11H2,1-2H3,(H,18,22). The summed E-state index contributed by atoms with van der Waals surface area (Å²) < 4.78 is 6.93. The van der Waals surface area contributed by atoms with Gasteiger partial charge in [0.05, 0.1) is 5.54 Å². The van der Waals surface area contributed by atoms with Crippen LogP contribution in [-0.2, 0) is 11.8 Å². The minimum atomic E-state index is -0.201. The number of aryl methyl sites for hydroxylation is 1. The van der Waals surface area contributed by atoms with Crippen LogP contribution >= 0.6 is 11.6 Å². The highest BCUT2D eigenvalue weighted by molar-refractivity contribution is 6.29. The summed E-state index contributed by atoms with van der Waals surface area (Å²) in [7, 11) is 1.73. The normalized spacial score (nSPS) is 28.4. The average molecular weight is 341 g/mol. The molecule has 128 valence electrons. The molecule has 1 aromatic rings. The molecule has 1 aromatic heterocycles. The zero-order valence-corrected chi connectivity index (χ0v) is 14.6. The van der Waals surface area contributed by atoms with E-state index in [2.05, 4.69) is 22.2 Å². The molecule has 2 aliphatic rings. The fourth-order valence-electron chi connectivity index (χ4n) is 3.42. The van der Waals surface area contributed by atoms with Gasteiger partial charge in [-0.15, -0.1) is 0 Å². The van der Waals surface area contributed by atoms with Crippen LogP contribution in [0.15, 0.2) is 6.07 Å². The fourth-order valence-corrected chi connectivity index (χ4v) is 3.56. The van der Waals surface area contributed by atoms with Crippen molar-refractivity contribution in [3.05, 3.63) is 16.9 Å². The van der Waals surface area contributed by atoms with E-state index >= 15 is 0 Å². The van der Waals surface area contributed by atoms with E-state index in [1.165, 1.54) is 17.5 Å². The molecule has 23 heavy (non-hydrogen) atoms. The molecule has 3 heterocycles. The molecular weight excluding hydrogens is 316 g/mol. The summed E-state index contributed by atoms with van der Waals surface area (Å²) in [5.41, 5.74) is 0.174. The lowest BCUT2D eigenvalue weighted by atomic mass is 10.0. The molecule has 2 saturated heterocycles. The Labute approximate surface area is 142 Å². The van der Waals surface area contributed by atoms with Gasteiger partial charge in [-0.05, 0) is 38.6 Å². The summed E-state index contributed by atoms with van der Waals surface area (Å²) in [5.74, 6) is 0.549. The molecule has 0 spiro atoms. The van der Waals surface area contributed by atoms with Crippen molar-refractivity contribution in [2.45, 2.75) is 31.7 Å². The van der Waals surface area contributed by atoms with E-state index in [0.29, 0.717) is 16.8 Å². The molecule has 2 aliphatic heterocycles. The fraction of sp³-hybridized carbons (Fsp3) is 0.750. The summed E-state index contributed by atoms with van der Waals surface area (Å²) in [6.45, 7) is 6.90. The van der Waals surface area contributed by atoms with Crippen molar-refractivity contribution in [1.82, 2.24) is 20.0 Å². The molecule has 0 aromatic carbocycles. The number of halogens is 1. The monoisotopic (exact) mass is 340 g/mol. The number of carbonyl (C=O) groups is 1. The molecule has 0 saturated carbocycles. The molecule has 0 radical (unpaired) electrons. The average Bonchev–Trinajstić information content (AvgIpc) is 3.20. The van der Waals surface area contributed by atoms with Crippen molar-refractivity contribution < 1.29 is 9.53 Å². The van der Waals surface area contributed by atoms with Crippen molar-refractivity contribution in [3.63, 3.8) is 0 Å². The molecule has 6 nitrogen and oxygen atoms in total. The molecule has 2 atom stereocenters. The summed E-state index contributed by atoms with van der Waals surface area (Å²) >= 11 is 5.95. The SMILES string of the molecule is Cn1nc(C(=O)NC2(C)CCN(CCC3CCOC3)C2)cc1Cl. The Morgan fingerprint density at radius 1 is 1.61 bits per heavy atom. The van der Waals surface area contributed by atoms with Gasteiger partial charge in [0.15, 0.2) is 5.69 Å². The van der Waals surface area contributed by atoms with Crippen LogP contribution in [0.4, 0.5) is 0 Å². The Bertz CT molecular complexity index is 551. The minimum absolute atomic E-state index is 0.152. The van der Waals surface area contributed by atoms with E-state index in [-0.39, 0.29) is 11.4 Å². The van der Waals surface area contributed by atoms with Gasteiger partial charge in [0.2, 0.25) is 0 Å². The Kier molecular flexibility index (Phi) is 4.94. The van der Waals surface area contributed by atoms with Gasteiger partial charge in [-0.2, -0.15) is 5.10 Å². The second-order valence-electron chi connectivity index (χ2n) is 7.04. The van der Waals surface area contributed by atoms with Crippen LogP contribution in [0.1, 0.15) is 36.7 Å². The Morgan fingerprint density at radius 2 is 2.43 bits per heavy atom. The van der Waals surface area contributed by atoms with Gasteiger partial charge >= 0.3 is 0 Å². The van der Waals surface area contributed by atoms with Crippen LogP contribution < -0.4 is 5.32 Å². The zero-order chi connectivity index (χ0) is 16.4. The maximum absolute atomic E-state index is 12.4. The number of nitrogens with one attached hydrogen (secondary N) is 1. The van der Waals surface area contributed by atoms with Crippen molar-refractivity contribution >= 4 is 17.5 Å². The van der Waals surface area contributed by atoms with Crippen molar-refractivity contribution in [3.8, 4) is 0 Å². The second kappa shape index (κ2) is 6.79. The van der Waals surface area contributed by atoms with E-state index < -0.39 is 0 Å². The number of likely N-dealkylation sites (tertiary alicyclic amines) is 1. The van der Waals surface area contributed by atoms with Gasteiger partial charge in [0, 0.05) is 39.4 Å². The molecule has 1 amide bonds. The minimum Gasteiger partial charge on any atom is -0.381 e. The van der Waals surface area contributed by atoms with E-state index in [1.54, 1.807) is 13.1 Å². The lowest BCUT2D eigenvalue weighted by Gasteiger charge is -2.26. The van der Waals surface area contributed by atoms with Crippen LogP contribution in [-0.4, -0.2) is 59.0 Å². The number of hydrogen-bond acceptors (Lipinski definition) is 4. The van der Waals surface area contributed by atoms with E-state index in [4.69, 9.17) is 16.3 Å². The number of nitrogens with zero attached hydrogens (tertiary/aromatic N) is 3. The van der Waals surface area contributed by atoms with Gasteiger partial charge in [-0.25, -0.2) is 0 Å². The van der Waals surface area contributed by atoms with Gasteiger partial charge in [0.1, 0.15) is 5.15 Å². The first kappa shape index (κ1) is 16.7. The lowest BCUT2D eigenvalue weighted by molar-refractivity contribution is 0.0901. The summed E-state index contributed by atoms with van der Waals surface area (Å²) in [6, 6.07) is 1.60. The van der Waals surface area contributed by atoms with Gasteiger partial charge in [-0.1, -0.05) is 11.6 Å². The first-order chi connectivity index (χ1) is 11.0. The van der Waals surface area contributed by atoms with Crippen molar-refractivity contribution in [2.75, 3.05) is 32.8 Å². The van der Waals surface area contributed by atoms with Crippen molar-refractivity contribution in [2.24, 2.45) is 13.0 Å². The highest BCUT2D eigenvalue weighted by Crippen LogP contribution is 2.24. The van der Waals surface area contributed by atoms with Crippen LogP contribution in [0, 0.1) is 5.92 Å². The predicted octanol–water partition coefficient (Wildman–Crippen LogP) is 1.69. The summed E-state index contributed by atoms with van der Waals surface area (Å²) in [6.07, 6.45) is 3.32. The van der Waals surface area contributed by atoms with Crippen LogP contribution in [0.25, 0.3) is 0 Å². The third-order valence-corrected chi connectivity index (χ3v) is 5.25. The Balaban J connectivity index is 1.50. The third-order valence-electron chi connectivity index (χ3n) is 4.90. The van der Waals surface area contributed by atoms with Gasteiger partial charge < -0.3 is 15.0 Å². The summed E-state index contributed by atoms with van der Waals surface area (Å²) in [4.78, 5) is 14.8. The number of rotatable bonds is 5. The predicted molar refractivity (Wildman–Crippen MR) is 88.7 cm³/mol. The Hall–Kier alpha value is -1.11. The maximum atomic E-state index is 12.4. The highest BCUT2D eigenvalue weighted by atomic mass is 35.5. The number of carbonyl (C=O) groups excluding carboxylic acids is 1. The molecule has 0 aliphatic carbocycles. The van der Waals surface area contributed by atoms with Gasteiger partial charge in [-0.3, -0.25) is 9.48 Å². The lowest BCUT2D eigenvalue weighted by Crippen LogP contribution is -2.48. The molecule has 7 heteroatoms. The molecule has 3 rings (SSSR count). The van der Waals surface area contributed by atoms with Crippen LogP contribution in [0.3, 0.4) is 0 Å². The summed E-state index contributed by atoms with van der Waals surface area (Å²) in [5, 5.41) is 7.73. The van der Waals surface area contributed by atoms with Crippen molar-refractivity contribution in [1.29, 1.82) is 0 Å². The number of ether oxygens (including phenoxy) is 1. The first-order valence-corrected chi connectivity index (χ1v) is 8.65. The van der Waals surface area contributed by atoms with E-state index in [1.807, 2.05) is 0 Å². The zero-order valence-electron chi connectivity index (χ0n) is 13.8. The smallest absolute Gasteiger partial charge is 0.272 e. The molecular formula is C16H25ClN4O2. The quantitative estimate of drug-likeness (QED) is 0.886. The van der Waals surface area contributed by atoms with Crippen LogP contribution in [0.2, 0.25) is 5.15 Å². The second-order valence-corrected chi connectivity index (χ2v) is 7.42. The largest absolute Gasteiger partial charge is 0.381 e. The molecule has 2 fully saturated rings. The van der Waals surface area contributed by atoms with E-state index in [0.717, 1.165) is 39.3 Å². The highest BCUT2D eigenvalue weighted by Gasteiger charge is 2.35. The molecule has 1 N–H and O–H groups in total. The molecule has 2 unspecified atom stereocenters. The number of hydrogen-bond donors (Lipinski definition) is 1. The molecule has 0 bridgehead atoms. The third kappa shape index (κ3) is 4.05. The first-order valence-electron chi connectivity index (χ1n) is 8.27. The number of aromatic nitrogens is 2. The topological polar surface area (TPSA) is 59.4 Å². The van der Waals surface area contributed by atoms with Crippen LogP contribution in [0.5, 0.6) is 0 Å². The van der Waals surface area contributed by atoms with E-state index in [9.17, 15) is 4.79 Å². The number of amides is 1. The Morgan fingerprint density at radius 3 is 3.09 bits per heavy atom. The van der Waals surface area contributed by atoms with Gasteiger partial charge in [0.25, 0.3) is 5.91 Å².